The Morgan fingerprint density at radius 3 is 1.41 bits per heavy atom. The maximum absolute atomic E-state index is 5.83. The molecule has 0 atom stereocenters. The molecule has 0 aromatic heterocycles. The van der Waals surface area contributed by atoms with Gasteiger partial charge in [-0.05, 0) is 53.7 Å². The molecule has 0 saturated heterocycles. The lowest BCUT2D eigenvalue weighted by molar-refractivity contribution is 0.121. The van der Waals surface area contributed by atoms with Crippen molar-refractivity contribution >= 4 is 15.9 Å². The largest absolute Gasteiger partial charge is 0.488 e. The smallest absolute Gasteiger partial charge is 0.124 e. The Balaban J connectivity index is 2.95. The van der Waals surface area contributed by atoms with Crippen LogP contribution in [-0.2, 0) is 0 Å². The molecule has 0 aliphatic heterocycles. The van der Waals surface area contributed by atoms with E-state index < -0.39 is 0 Å². The van der Waals surface area contributed by atoms with Crippen LogP contribution in [0.1, 0.15) is 41.5 Å². The molecule has 1 aromatic carbocycles. The van der Waals surface area contributed by atoms with Gasteiger partial charge in [0, 0.05) is 10.5 Å². The summed E-state index contributed by atoms with van der Waals surface area (Å²) in [6.45, 7) is 12.2. The van der Waals surface area contributed by atoms with Crippen LogP contribution in [0.4, 0.5) is 0 Å². The van der Waals surface area contributed by atoms with E-state index in [1.165, 1.54) is 0 Å². The molecule has 17 heavy (non-hydrogen) atoms. The quantitative estimate of drug-likeness (QED) is 0.781. The number of hydrogen-bond acceptors (Lipinski definition) is 2. The molecule has 1 rings (SSSR count). The molecule has 0 aliphatic carbocycles. The van der Waals surface area contributed by atoms with Crippen molar-refractivity contribution in [2.75, 3.05) is 0 Å². The number of rotatable bonds is 2. The van der Waals surface area contributed by atoms with Crippen molar-refractivity contribution in [1.29, 1.82) is 0 Å². The molecule has 3 heteroatoms. The van der Waals surface area contributed by atoms with Crippen LogP contribution in [0.25, 0.3) is 0 Å². The van der Waals surface area contributed by atoms with Gasteiger partial charge < -0.3 is 9.47 Å². The average Bonchev–Trinajstić information content (AvgIpc) is 1.93. The van der Waals surface area contributed by atoms with Crippen molar-refractivity contribution in [3.05, 3.63) is 22.7 Å². The van der Waals surface area contributed by atoms with E-state index in [1.807, 2.05) is 59.7 Å². The molecule has 0 spiro atoms. The molecule has 0 N–H and O–H groups in total. The Labute approximate surface area is 112 Å². The zero-order valence-corrected chi connectivity index (χ0v) is 13.0. The minimum Gasteiger partial charge on any atom is -0.488 e. The monoisotopic (exact) mass is 300 g/mol. The van der Waals surface area contributed by atoms with Crippen molar-refractivity contribution in [3.8, 4) is 11.5 Å². The Hall–Kier alpha value is -0.700. The van der Waals surface area contributed by atoms with Gasteiger partial charge in [-0.15, -0.1) is 0 Å². The van der Waals surface area contributed by atoms with Crippen LogP contribution in [0.15, 0.2) is 22.7 Å². The zero-order chi connectivity index (χ0) is 13.3. The summed E-state index contributed by atoms with van der Waals surface area (Å²) in [5.41, 5.74) is -0.417. The summed E-state index contributed by atoms with van der Waals surface area (Å²) < 4.78 is 12.6. The van der Waals surface area contributed by atoms with E-state index in [4.69, 9.17) is 9.47 Å². The molecule has 0 unspecified atom stereocenters. The summed E-state index contributed by atoms with van der Waals surface area (Å²) in [4.78, 5) is 0. The fourth-order valence-corrected chi connectivity index (χ4v) is 1.81. The maximum Gasteiger partial charge on any atom is 0.124 e. The molecule has 0 heterocycles. The van der Waals surface area contributed by atoms with E-state index in [2.05, 4.69) is 15.9 Å². The highest BCUT2D eigenvalue weighted by atomic mass is 79.9. The average molecular weight is 301 g/mol. The fourth-order valence-electron chi connectivity index (χ4n) is 1.36. The lowest BCUT2D eigenvalue weighted by Crippen LogP contribution is -2.24. The molecule has 1 aromatic rings. The highest BCUT2D eigenvalue weighted by molar-refractivity contribution is 9.10. The predicted molar refractivity (Wildman–Crippen MR) is 74.9 cm³/mol. The molecular weight excluding hydrogens is 280 g/mol. The van der Waals surface area contributed by atoms with Gasteiger partial charge >= 0.3 is 0 Å². The molecule has 0 radical (unpaired) electrons. The SMILES string of the molecule is CC(C)(C)Oc1cc(Br)cc(OC(C)(C)C)c1. The number of hydrogen-bond donors (Lipinski definition) is 0. The van der Waals surface area contributed by atoms with Crippen LogP contribution >= 0.6 is 15.9 Å². The fraction of sp³-hybridized carbons (Fsp3) is 0.571. The van der Waals surface area contributed by atoms with Crippen molar-refractivity contribution < 1.29 is 9.47 Å². The van der Waals surface area contributed by atoms with E-state index in [0.29, 0.717) is 0 Å². The second-order valence-corrected chi connectivity index (χ2v) is 6.97. The second kappa shape index (κ2) is 4.89. The van der Waals surface area contributed by atoms with Gasteiger partial charge in [-0.3, -0.25) is 0 Å². The standard InChI is InChI=1S/C14H21BrO2/c1-13(2,3)16-11-7-10(15)8-12(9-11)17-14(4,5)6/h7-9H,1-6H3. The number of halogens is 1. The lowest BCUT2D eigenvalue weighted by Gasteiger charge is -2.24. The summed E-state index contributed by atoms with van der Waals surface area (Å²) in [6.07, 6.45) is 0. The summed E-state index contributed by atoms with van der Waals surface area (Å²) in [6, 6.07) is 5.81. The molecule has 0 amide bonds. The highest BCUT2D eigenvalue weighted by Crippen LogP contribution is 2.30. The number of ether oxygens (including phenoxy) is 2. The third-order valence-electron chi connectivity index (χ3n) is 1.69. The third kappa shape index (κ3) is 5.97. The van der Waals surface area contributed by atoms with E-state index in [1.54, 1.807) is 0 Å². The first-order valence-corrected chi connectivity index (χ1v) is 6.53. The molecule has 0 bridgehead atoms. The van der Waals surface area contributed by atoms with Gasteiger partial charge in [-0.25, -0.2) is 0 Å². The van der Waals surface area contributed by atoms with Gasteiger partial charge in [-0.2, -0.15) is 0 Å². The first-order valence-electron chi connectivity index (χ1n) is 5.74. The van der Waals surface area contributed by atoms with Gasteiger partial charge in [0.2, 0.25) is 0 Å². The van der Waals surface area contributed by atoms with Gasteiger partial charge in [0.25, 0.3) is 0 Å². The van der Waals surface area contributed by atoms with Gasteiger partial charge in [0.15, 0.2) is 0 Å². The van der Waals surface area contributed by atoms with Crippen LogP contribution in [0.3, 0.4) is 0 Å². The molecular formula is C14H21BrO2. The minimum atomic E-state index is -0.209. The highest BCUT2D eigenvalue weighted by Gasteiger charge is 2.16. The summed E-state index contributed by atoms with van der Waals surface area (Å²) in [5.74, 6) is 1.62. The van der Waals surface area contributed by atoms with Crippen LogP contribution in [-0.4, -0.2) is 11.2 Å². The Morgan fingerprint density at radius 2 is 1.12 bits per heavy atom. The normalized spacial score (nSPS) is 12.4. The van der Waals surface area contributed by atoms with Crippen LogP contribution in [0.5, 0.6) is 11.5 Å². The lowest BCUT2D eigenvalue weighted by atomic mass is 10.2. The van der Waals surface area contributed by atoms with E-state index in [9.17, 15) is 0 Å². The zero-order valence-electron chi connectivity index (χ0n) is 11.4. The molecule has 2 nitrogen and oxygen atoms in total. The van der Waals surface area contributed by atoms with Crippen molar-refractivity contribution in [2.45, 2.75) is 52.7 Å². The third-order valence-corrected chi connectivity index (χ3v) is 2.15. The van der Waals surface area contributed by atoms with E-state index in [-0.39, 0.29) is 11.2 Å². The topological polar surface area (TPSA) is 18.5 Å². The first kappa shape index (κ1) is 14.4. The van der Waals surface area contributed by atoms with E-state index >= 15 is 0 Å². The van der Waals surface area contributed by atoms with E-state index in [0.717, 1.165) is 16.0 Å². The Kier molecular flexibility index (Phi) is 4.13. The summed E-state index contributed by atoms with van der Waals surface area (Å²) in [7, 11) is 0. The maximum atomic E-state index is 5.83. The minimum absolute atomic E-state index is 0.209. The van der Waals surface area contributed by atoms with Crippen LogP contribution < -0.4 is 9.47 Å². The van der Waals surface area contributed by atoms with Crippen LogP contribution in [0.2, 0.25) is 0 Å². The van der Waals surface area contributed by atoms with Gasteiger partial charge in [0.1, 0.15) is 22.7 Å². The van der Waals surface area contributed by atoms with Gasteiger partial charge in [0.05, 0.1) is 0 Å². The predicted octanol–water partition coefficient (Wildman–Crippen LogP) is 4.80. The molecule has 0 saturated carbocycles. The molecule has 96 valence electrons. The Morgan fingerprint density at radius 1 is 0.765 bits per heavy atom. The van der Waals surface area contributed by atoms with Crippen molar-refractivity contribution in [2.24, 2.45) is 0 Å². The van der Waals surface area contributed by atoms with Crippen molar-refractivity contribution in [1.82, 2.24) is 0 Å². The molecule has 0 fully saturated rings. The Bertz CT molecular complexity index is 352. The second-order valence-electron chi connectivity index (χ2n) is 6.05. The van der Waals surface area contributed by atoms with Crippen molar-refractivity contribution in [3.63, 3.8) is 0 Å². The first-order chi connectivity index (χ1) is 7.55. The number of benzene rings is 1. The van der Waals surface area contributed by atoms with Crippen LogP contribution in [0, 0.1) is 0 Å². The summed E-state index contributed by atoms with van der Waals surface area (Å²) >= 11 is 3.47. The molecule has 0 aliphatic rings. The van der Waals surface area contributed by atoms with Gasteiger partial charge in [-0.1, -0.05) is 15.9 Å². The summed E-state index contributed by atoms with van der Waals surface area (Å²) in [5, 5.41) is 0.